The van der Waals surface area contributed by atoms with E-state index in [-0.39, 0.29) is 0 Å². The third kappa shape index (κ3) is 0.935. The highest BCUT2D eigenvalue weighted by Crippen LogP contribution is 2.16. The summed E-state index contributed by atoms with van der Waals surface area (Å²) in [5, 5.41) is 0.615. The number of nitrogens with two attached hydrogens (primary N) is 1. The maximum atomic E-state index is 5.83. The first kappa shape index (κ1) is 6.49. The van der Waals surface area contributed by atoms with Crippen molar-refractivity contribution in [3.8, 4) is 0 Å². The first-order chi connectivity index (χ1) is 5.27. The number of nitrogens with zero attached hydrogens (tertiary/aromatic N) is 2. The Morgan fingerprint density at radius 3 is 3.09 bits per heavy atom. The molecule has 2 N–H and O–H groups in total. The first-order valence-electron chi connectivity index (χ1n) is 3.16. The van der Waals surface area contributed by atoms with Crippen LogP contribution in [0.1, 0.15) is 0 Å². The Labute approximate surface area is 68.4 Å². The SMILES string of the molecule is Nc1cn2cccc(Cl)c2n1. The van der Waals surface area contributed by atoms with E-state index < -0.39 is 0 Å². The monoisotopic (exact) mass is 167 g/mol. The van der Waals surface area contributed by atoms with E-state index in [1.165, 1.54) is 0 Å². The highest BCUT2D eigenvalue weighted by atomic mass is 35.5. The number of aromatic nitrogens is 2. The molecule has 4 heteroatoms. The van der Waals surface area contributed by atoms with Crippen LogP contribution in [0.15, 0.2) is 24.5 Å². The standard InChI is InChI=1S/C7H6ClN3/c8-5-2-1-3-11-4-6(9)10-7(5)11/h1-4H,9H2. The number of fused-ring (bicyclic) bond motifs is 1. The van der Waals surface area contributed by atoms with Crippen LogP contribution in [-0.4, -0.2) is 9.38 Å². The number of pyridine rings is 1. The Kier molecular flexibility index (Phi) is 1.26. The summed E-state index contributed by atoms with van der Waals surface area (Å²) in [4.78, 5) is 4.02. The Hall–Kier alpha value is -1.22. The average molecular weight is 168 g/mol. The fourth-order valence-electron chi connectivity index (χ4n) is 0.998. The second-order valence-corrected chi connectivity index (χ2v) is 2.66. The number of nitrogen functional groups attached to an aromatic ring is 1. The third-order valence-corrected chi connectivity index (χ3v) is 1.75. The van der Waals surface area contributed by atoms with Gasteiger partial charge in [-0.25, -0.2) is 4.98 Å². The predicted molar refractivity (Wildman–Crippen MR) is 44.6 cm³/mol. The summed E-state index contributed by atoms with van der Waals surface area (Å²) >= 11 is 5.83. The number of imidazole rings is 1. The average Bonchev–Trinajstić information content (AvgIpc) is 2.31. The molecule has 2 rings (SSSR count). The summed E-state index contributed by atoms with van der Waals surface area (Å²) < 4.78 is 1.79. The second kappa shape index (κ2) is 2.13. The molecule has 3 nitrogen and oxygen atoms in total. The molecule has 0 saturated heterocycles. The van der Waals surface area contributed by atoms with Gasteiger partial charge in [-0.1, -0.05) is 11.6 Å². The van der Waals surface area contributed by atoms with Crippen molar-refractivity contribution in [1.82, 2.24) is 9.38 Å². The van der Waals surface area contributed by atoms with Crippen molar-refractivity contribution in [1.29, 1.82) is 0 Å². The lowest BCUT2D eigenvalue weighted by Crippen LogP contribution is -1.81. The molecule has 0 aliphatic rings. The molecule has 0 aromatic carbocycles. The van der Waals surface area contributed by atoms with Gasteiger partial charge in [0, 0.05) is 6.20 Å². The number of rotatable bonds is 0. The lowest BCUT2D eigenvalue weighted by molar-refractivity contribution is 1.19. The molecule has 0 spiro atoms. The van der Waals surface area contributed by atoms with E-state index in [0.717, 1.165) is 0 Å². The van der Waals surface area contributed by atoms with Gasteiger partial charge in [-0.3, -0.25) is 0 Å². The zero-order valence-electron chi connectivity index (χ0n) is 5.66. The molecule has 0 unspecified atom stereocenters. The van der Waals surface area contributed by atoms with Gasteiger partial charge in [-0.2, -0.15) is 0 Å². The van der Waals surface area contributed by atoms with Crippen LogP contribution in [0.25, 0.3) is 5.65 Å². The van der Waals surface area contributed by atoms with Crippen molar-refractivity contribution in [2.75, 3.05) is 5.73 Å². The van der Waals surface area contributed by atoms with Crippen LogP contribution in [-0.2, 0) is 0 Å². The Morgan fingerprint density at radius 1 is 1.55 bits per heavy atom. The smallest absolute Gasteiger partial charge is 0.158 e. The van der Waals surface area contributed by atoms with Crippen LogP contribution in [0.4, 0.5) is 5.82 Å². The van der Waals surface area contributed by atoms with E-state index in [2.05, 4.69) is 4.98 Å². The molecule has 0 aliphatic carbocycles. The lowest BCUT2D eigenvalue weighted by Gasteiger charge is -1.91. The van der Waals surface area contributed by atoms with Gasteiger partial charge in [-0.05, 0) is 12.1 Å². The molecule has 2 aromatic heterocycles. The Bertz CT molecular complexity index is 393. The van der Waals surface area contributed by atoms with E-state index in [1.54, 1.807) is 16.7 Å². The lowest BCUT2D eigenvalue weighted by atomic mass is 10.5. The van der Waals surface area contributed by atoms with Gasteiger partial charge in [0.2, 0.25) is 0 Å². The van der Waals surface area contributed by atoms with Gasteiger partial charge in [0.05, 0.1) is 11.2 Å². The second-order valence-electron chi connectivity index (χ2n) is 2.25. The minimum atomic E-state index is 0.484. The van der Waals surface area contributed by atoms with Crippen LogP contribution < -0.4 is 5.73 Å². The summed E-state index contributed by atoms with van der Waals surface area (Å²) in [5.74, 6) is 0.484. The molecule has 2 aromatic rings. The number of hydrogen-bond donors (Lipinski definition) is 1. The van der Waals surface area contributed by atoms with Gasteiger partial charge < -0.3 is 10.1 Å². The van der Waals surface area contributed by atoms with Crippen LogP contribution >= 0.6 is 11.6 Å². The van der Waals surface area contributed by atoms with Crippen molar-refractivity contribution in [3.05, 3.63) is 29.5 Å². The zero-order chi connectivity index (χ0) is 7.84. The normalized spacial score (nSPS) is 10.6. The highest BCUT2D eigenvalue weighted by Gasteiger charge is 2.00. The molecule has 2 heterocycles. The molecule has 0 bridgehead atoms. The van der Waals surface area contributed by atoms with Crippen molar-refractivity contribution in [3.63, 3.8) is 0 Å². The topological polar surface area (TPSA) is 43.3 Å². The predicted octanol–water partition coefficient (Wildman–Crippen LogP) is 1.57. The number of hydrogen-bond acceptors (Lipinski definition) is 2. The van der Waals surface area contributed by atoms with Gasteiger partial charge in [0.25, 0.3) is 0 Å². The molecular weight excluding hydrogens is 162 g/mol. The minimum absolute atomic E-state index is 0.484. The van der Waals surface area contributed by atoms with Gasteiger partial charge >= 0.3 is 0 Å². The molecule has 0 fully saturated rings. The quantitative estimate of drug-likeness (QED) is 0.647. The molecular formula is C7H6ClN3. The van der Waals surface area contributed by atoms with E-state index in [1.807, 2.05) is 12.3 Å². The van der Waals surface area contributed by atoms with E-state index in [9.17, 15) is 0 Å². The van der Waals surface area contributed by atoms with E-state index in [0.29, 0.717) is 16.5 Å². The molecule has 11 heavy (non-hydrogen) atoms. The largest absolute Gasteiger partial charge is 0.382 e. The summed E-state index contributed by atoms with van der Waals surface area (Å²) in [6.45, 7) is 0. The summed E-state index contributed by atoms with van der Waals surface area (Å²) in [6, 6.07) is 3.62. The molecule has 0 saturated carbocycles. The summed E-state index contributed by atoms with van der Waals surface area (Å²) in [6.07, 6.45) is 3.58. The van der Waals surface area contributed by atoms with Crippen LogP contribution in [0, 0.1) is 0 Å². The maximum Gasteiger partial charge on any atom is 0.158 e. The zero-order valence-corrected chi connectivity index (χ0v) is 6.42. The van der Waals surface area contributed by atoms with Gasteiger partial charge in [0.1, 0.15) is 5.82 Å². The third-order valence-electron chi connectivity index (χ3n) is 1.45. The van der Waals surface area contributed by atoms with Gasteiger partial charge in [-0.15, -0.1) is 0 Å². The molecule has 0 amide bonds. The Balaban J connectivity index is 2.90. The van der Waals surface area contributed by atoms with Crippen molar-refractivity contribution in [2.24, 2.45) is 0 Å². The van der Waals surface area contributed by atoms with Crippen LogP contribution in [0.2, 0.25) is 5.02 Å². The van der Waals surface area contributed by atoms with Crippen LogP contribution in [0.3, 0.4) is 0 Å². The van der Waals surface area contributed by atoms with E-state index >= 15 is 0 Å². The van der Waals surface area contributed by atoms with Crippen molar-refractivity contribution >= 4 is 23.1 Å². The first-order valence-corrected chi connectivity index (χ1v) is 3.54. The Morgan fingerprint density at radius 2 is 2.36 bits per heavy atom. The molecule has 0 atom stereocenters. The fourth-order valence-corrected chi connectivity index (χ4v) is 1.21. The molecule has 0 aliphatic heterocycles. The minimum Gasteiger partial charge on any atom is -0.382 e. The van der Waals surface area contributed by atoms with Crippen molar-refractivity contribution in [2.45, 2.75) is 0 Å². The summed E-state index contributed by atoms with van der Waals surface area (Å²) in [5.41, 5.74) is 6.17. The highest BCUT2D eigenvalue weighted by molar-refractivity contribution is 6.33. The maximum absolute atomic E-state index is 5.83. The van der Waals surface area contributed by atoms with Gasteiger partial charge in [0.15, 0.2) is 5.65 Å². The molecule has 0 radical (unpaired) electrons. The summed E-state index contributed by atoms with van der Waals surface area (Å²) in [7, 11) is 0. The van der Waals surface area contributed by atoms with Crippen LogP contribution in [0.5, 0.6) is 0 Å². The number of anilines is 1. The number of halogens is 1. The fraction of sp³-hybridized carbons (Fsp3) is 0. The molecule has 56 valence electrons. The van der Waals surface area contributed by atoms with E-state index in [4.69, 9.17) is 17.3 Å². The van der Waals surface area contributed by atoms with Crippen molar-refractivity contribution < 1.29 is 0 Å².